The number of rotatable bonds is 2. The van der Waals surface area contributed by atoms with Gasteiger partial charge < -0.3 is 10.1 Å². The molecular formula is C14H10N4O2S. The second-order valence-electron chi connectivity index (χ2n) is 4.55. The van der Waals surface area contributed by atoms with Gasteiger partial charge in [-0.1, -0.05) is 0 Å². The second-order valence-corrected chi connectivity index (χ2v) is 5.21. The summed E-state index contributed by atoms with van der Waals surface area (Å²) in [6, 6.07) is 5.63. The van der Waals surface area contributed by atoms with Gasteiger partial charge >= 0.3 is 0 Å². The van der Waals surface area contributed by atoms with Crippen LogP contribution in [0.2, 0.25) is 0 Å². The average molecular weight is 298 g/mol. The van der Waals surface area contributed by atoms with Gasteiger partial charge in [0.15, 0.2) is 6.61 Å². The summed E-state index contributed by atoms with van der Waals surface area (Å²) < 4.78 is 11.5. The van der Waals surface area contributed by atoms with Crippen molar-refractivity contribution in [2.75, 3.05) is 11.9 Å². The van der Waals surface area contributed by atoms with E-state index in [1.165, 1.54) is 11.5 Å². The first-order chi connectivity index (χ1) is 10.3. The topological polar surface area (TPSA) is 69.0 Å². The molecule has 1 aliphatic rings. The van der Waals surface area contributed by atoms with Crippen LogP contribution in [0, 0.1) is 0 Å². The minimum absolute atomic E-state index is 0.0433. The number of hydrogen-bond donors (Lipinski definition) is 1. The Balaban J connectivity index is 1.78. The third-order valence-electron chi connectivity index (χ3n) is 3.21. The Morgan fingerprint density at radius 2 is 2.33 bits per heavy atom. The van der Waals surface area contributed by atoms with Crippen molar-refractivity contribution in [3.8, 4) is 22.8 Å². The summed E-state index contributed by atoms with van der Waals surface area (Å²) in [5.41, 5.74) is 2.58. The molecule has 3 aromatic rings. The molecule has 1 aliphatic heterocycles. The number of ether oxygens (including phenoxy) is 1. The number of hydrogen-bond acceptors (Lipinski definition) is 5. The Kier molecular flexibility index (Phi) is 2.71. The fourth-order valence-electron chi connectivity index (χ4n) is 2.25. The van der Waals surface area contributed by atoms with Gasteiger partial charge in [0.1, 0.15) is 11.6 Å². The zero-order valence-corrected chi connectivity index (χ0v) is 11.6. The van der Waals surface area contributed by atoms with Crippen molar-refractivity contribution < 1.29 is 9.53 Å². The third-order valence-corrected chi connectivity index (χ3v) is 3.79. The minimum atomic E-state index is -0.136. The van der Waals surface area contributed by atoms with Crippen molar-refractivity contribution in [3.05, 3.63) is 42.2 Å². The lowest BCUT2D eigenvalue weighted by Crippen LogP contribution is -2.25. The number of benzene rings is 1. The standard InChI is InChI=1S/C14H10N4O2S/c19-13-7-20-12-5-10(1-2-11(12)17-13)18-4-3-15-14(18)9-6-16-21-8-9/h1-6,8H,7H2,(H,17,19). The van der Waals surface area contributed by atoms with E-state index in [1.807, 2.05) is 34.3 Å². The zero-order valence-electron chi connectivity index (χ0n) is 10.8. The molecule has 3 heterocycles. The molecule has 4 rings (SSSR count). The summed E-state index contributed by atoms with van der Waals surface area (Å²) in [4.78, 5) is 15.7. The minimum Gasteiger partial charge on any atom is -0.482 e. The Bertz CT molecular complexity index is 810. The Labute approximate surface area is 124 Å². The number of carbonyl (C=O) groups is 1. The van der Waals surface area contributed by atoms with Crippen LogP contribution in [0.15, 0.2) is 42.2 Å². The molecule has 0 fully saturated rings. The van der Waals surface area contributed by atoms with Gasteiger partial charge in [0.05, 0.1) is 17.6 Å². The van der Waals surface area contributed by atoms with E-state index in [9.17, 15) is 4.79 Å². The molecule has 7 heteroatoms. The predicted octanol–water partition coefficient (Wildman–Crippen LogP) is 2.33. The molecule has 1 amide bonds. The maximum Gasteiger partial charge on any atom is 0.262 e. The Hall–Kier alpha value is -2.67. The number of imidazole rings is 1. The van der Waals surface area contributed by atoms with Crippen LogP contribution in [-0.4, -0.2) is 26.4 Å². The highest BCUT2D eigenvalue weighted by Gasteiger charge is 2.17. The number of aromatic nitrogens is 3. The molecule has 21 heavy (non-hydrogen) atoms. The molecule has 0 bridgehead atoms. The second kappa shape index (κ2) is 4.71. The molecular weight excluding hydrogens is 288 g/mol. The van der Waals surface area contributed by atoms with Crippen molar-refractivity contribution in [1.29, 1.82) is 0 Å². The first kappa shape index (κ1) is 12.1. The molecule has 0 spiro atoms. The molecule has 0 unspecified atom stereocenters. The van der Waals surface area contributed by atoms with E-state index < -0.39 is 0 Å². The smallest absolute Gasteiger partial charge is 0.262 e. The van der Waals surface area contributed by atoms with Crippen LogP contribution in [0.1, 0.15) is 0 Å². The zero-order chi connectivity index (χ0) is 14.2. The molecule has 0 atom stereocenters. The van der Waals surface area contributed by atoms with Crippen LogP contribution in [0.5, 0.6) is 5.75 Å². The predicted molar refractivity (Wildman–Crippen MR) is 78.8 cm³/mol. The average Bonchev–Trinajstić information content (AvgIpc) is 3.17. The molecule has 0 saturated heterocycles. The number of carbonyl (C=O) groups excluding carboxylic acids is 1. The molecule has 6 nitrogen and oxygen atoms in total. The maximum absolute atomic E-state index is 11.3. The van der Waals surface area contributed by atoms with Gasteiger partial charge in [-0.25, -0.2) is 9.36 Å². The van der Waals surface area contributed by atoms with E-state index in [-0.39, 0.29) is 12.5 Å². The van der Waals surface area contributed by atoms with Crippen molar-refractivity contribution in [1.82, 2.24) is 13.9 Å². The van der Waals surface area contributed by atoms with Crippen molar-refractivity contribution in [2.24, 2.45) is 0 Å². The fourth-order valence-corrected chi connectivity index (χ4v) is 2.77. The van der Waals surface area contributed by atoms with Crippen molar-refractivity contribution in [2.45, 2.75) is 0 Å². The summed E-state index contributed by atoms with van der Waals surface area (Å²) in [7, 11) is 0. The van der Waals surface area contributed by atoms with Crippen LogP contribution < -0.4 is 10.1 Å². The van der Waals surface area contributed by atoms with E-state index >= 15 is 0 Å². The van der Waals surface area contributed by atoms with Crippen LogP contribution in [0.25, 0.3) is 17.1 Å². The van der Waals surface area contributed by atoms with E-state index in [4.69, 9.17) is 4.74 Å². The molecule has 104 valence electrons. The van der Waals surface area contributed by atoms with E-state index in [0.717, 1.165) is 17.1 Å². The van der Waals surface area contributed by atoms with Gasteiger partial charge in [0.2, 0.25) is 0 Å². The molecule has 0 radical (unpaired) electrons. The lowest BCUT2D eigenvalue weighted by molar-refractivity contribution is -0.118. The van der Waals surface area contributed by atoms with Gasteiger partial charge in [0.25, 0.3) is 5.91 Å². The largest absolute Gasteiger partial charge is 0.482 e. The van der Waals surface area contributed by atoms with Crippen LogP contribution in [0.4, 0.5) is 5.69 Å². The Morgan fingerprint density at radius 3 is 3.19 bits per heavy atom. The van der Waals surface area contributed by atoms with E-state index in [2.05, 4.69) is 14.7 Å². The first-order valence-electron chi connectivity index (χ1n) is 6.31. The first-order valence-corrected chi connectivity index (χ1v) is 7.15. The Morgan fingerprint density at radius 1 is 1.38 bits per heavy atom. The molecule has 0 saturated carbocycles. The van der Waals surface area contributed by atoms with E-state index in [0.29, 0.717) is 11.4 Å². The summed E-state index contributed by atoms with van der Waals surface area (Å²) >= 11 is 1.39. The lowest BCUT2D eigenvalue weighted by Gasteiger charge is -2.19. The number of nitrogens with one attached hydrogen (secondary N) is 1. The highest BCUT2D eigenvalue weighted by molar-refractivity contribution is 7.03. The summed E-state index contributed by atoms with van der Waals surface area (Å²) in [5, 5.41) is 4.73. The van der Waals surface area contributed by atoms with Crippen LogP contribution in [0.3, 0.4) is 0 Å². The highest BCUT2D eigenvalue weighted by atomic mass is 32.1. The summed E-state index contributed by atoms with van der Waals surface area (Å²) in [5.74, 6) is 1.35. The summed E-state index contributed by atoms with van der Waals surface area (Å²) in [6.07, 6.45) is 5.42. The van der Waals surface area contributed by atoms with Crippen molar-refractivity contribution in [3.63, 3.8) is 0 Å². The maximum atomic E-state index is 11.3. The van der Waals surface area contributed by atoms with Gasteiger partial charge in [0, 0.05) is 29.4 Å². The van der Waals surface area contributed by atoms with Gasteiger partial charge in [-0.15, -0.1) is 0 Å². The molecule has 0 aliphatic carbocycles. The quantitative estimate of drug-likeness (QED) is 0.788. The monoisotopic (exact) mass is 298 g/mol. The third kappa shape index (κ3) is 2.07. The SMILES string of the molecule is O=C1COc2cc(-n3ccnc3-c3cnsc3)ccc2N1. The normalized spacial score (nSPS) is 13.4. The number of fused-ring (bicyclic) bond motifs is 1. The number of nitrogens with zero attached hydrogens (tertiary/aromatic N) is 3. The van der Waals surface area contributed by atoms with Crippen molar-refractivity contribution >= 4 is 23.1 Å². The lowest BCUT2D eigenvalue weighted by atomic mass is 10.2. The highest BCUT2D eigenvalue weighted by Crippen LogP contribution is 2.31. The van der Waals surface area contributed by atoms with Gasteiger partial charge in [-0.2, -0.15) is 0 Å². The van der Waals surface area contributed by atoms with Gasteiger partial charge in [-0.05, 0) is 23.7 Å². The van der Waals surface area contributed by atoms with Gasteiger partial charge in [-0.3, -0.25) is 9.36 Å². The molecule has 1 aromatic carbocycles. The van der Waals surface area contributed by atoms with E-state index in [1.54, 1.807) is 12.4 Å². The van der Waals surface area contributed by atoms with Crippen LogP contribution in [-0.2, 0) is 4.79 Å². The molecule has 1 N–H and O–H groups in total. The number of amides is 1. The fraction of sp³-hybridized carbons (Fsp3) is 0.0714. The van der Waals surface area contributed by atoms with Crippen LogP contribution >= 0.6 is 11.5 Å². The number of anilines is 1. The molecule has 2 aromatic heterocycles. The summed E-state index contributed by atoms with van der Waals surface area (Å²) in [6.45, 7) is 0.0433.